The van der Waals surface area contributed by atoms with Gasteiger partial charge in [-0.3, -0.25) is 18.6 Å². The number of carbonyl (C=O) groups excluding carboxylic acids is 2. The number of unbranched alkanes of at least 4 members (excludes halogenated alkanes) is 10. The lowest BCUT2D eigenvalue weighted by molar-refractivity contribution is -0.161. The molecule has 0 aromatic heterocycles. The zero-order valence-electron chi connectivity index (χ0n) is 37.4. The van der Waals surface area contributed by atoms with Crippen molar-refractivity contribution < 1.29 is 37.6 Å². The number of ether oxygens (including phenoxy) is 2. The highest BCUT2D eigenvalue weighted by molar-refractivity contribution is 7.47. The van der Waals surface area contributed by atoms with Crippen LogP contribution in [0, 0.1) is 0 Å². The number of phosphoric ester groups is 1. The molecule has 0 spiro atoms. The van der Waals surface area contributed by atoms with Crippen LogP contribution in [0.25, 0.3) is 0 Å². The van der Waals surface area contributed by atoms with Gasteiger partial charge >= 0.3 is 19.8 Å². The molecular formula is C50H82NO8P. The van der Waals surface area contributed by atoms with Crippen LogP contribution in [0.3, 0.4) is 0 Å². The summed E-state index contributed by atoms with van der Waals surface area (Å²) in [6.07, 6.45) is 59.9. The van der Waals surface area contributed by atoms with Crippen LogP contribution in [0.1, 0.15) is 162 Å². The second kappa shape index (κ2) is 45.2. The van der Waals surface area contributed by atoms with Crippen molar-refractivity contribution in [2.45, 2.75) is 168 Å². The van der Waals surface area contributed by atoms with E-state index in [1.54, 1.807) is 0 Å². The van der Waals surface area contributed by atoms with E-state index in [0.29, 0.717) is 12.8 Å². The zero-order valence-corrected chi connectivity index (χ0v) is 38.3. The third-order valence-electron chi connectivity index (χ3n) is 8.87. The SMILES string of the molecule is CC/C=C\C/C=C\C/C=C\C/C=C\C/C=C\C/C=C\C/C=C\C/C=C\CCCCCCC(=O)OC(COC(=O)CCCCCCC/C=C\CCC)COP(=O)(O)OCCN. The summed E-state index contributed by atoms with van der Waals surface area (Å²) in [5.41, 5.74) is 5.34. The first-order chi connectivity index (χ1) is 29.3. The van der Waals surface area contributed by atoms with Gasteiger partial charge in [-0.25, -0.2) is 4.57 Å². The molecule has 2 atom stereocenters. The smallest absolute Gasteiger partial charge is 0.462 e. The molecule has 2 unspecified atom stereocenters. The molecule has 0 amide bonds. The zero-order chi connectivity index (χ0) is 43.9. The minimum atomic E-state index is -4.39. The number of hydrogen-bond donors (Lipinski definition) is 2. The van der Waals surface area contributed by atoms with Crippen LogP contribution in [0.5, 0.6) is 0 Å². The van der Waals surface area contributed by atoms with E-state index < -0.39 is 32.5 Å². The number of esters is 2. The van der Waals surface area contributed by atoms with Gasteiger partial charge in [0.2, 0.25) is 0 Å². The molecule has 0 aliphatic carbocycles. The van der Waals surface area contributed by atoms with Gasteiger partial charge in [-0.05, 0) is 96.3 Å². The highest BCUT2D eigenvalue weighted by Crippen LogP contribution is 2.43. The van der Waals surface area contributed by atoms with E-state index in [0.717, 1.165) is 116 Å². The van der Waals surface area contributed by atoms with Gasteiger partial charge in [0.15, 0.2) is 6.10 Å². The number of allylic oxidation sites excluding steroid dienone is 18. The number of nitrogens with two attached hydrogens (primary N) is 1. The van der Waals surface area contributed by atoms with E-state index in [1.165, 1.54) is 6.42 Å². The molecule has 0 saturated carbocycles. The normalized spacial score (nSPS) is 14.3. The van der Waals surface area contributed by atoms with Crippen molar-refractivity contribution in [1.29, 1.82) is 0 Å². The summed E-state index contributed by atoms with van der Waals surface area (Å²) >= 11 is 0. The molecule has 0 aromatic carbocycles. The van der Waals surface area contributed by atoms with Crippen LogP contribution >= 0.6 is 7.82 Å². The lowest BCUT2D eigenvalue weighted by Crippen LogP contribution is -2.29. The maximum atomic E-state index is 12.6. The van der Waals surface area contributed by atoms with Crippen LogP contribution in [-0.4, -0.2) is 49.3 Å². The minimum Gasteiger partial charge on any atom is -0.462 e. The predicted octanol–water partition coefficient (Wildman–Crippen LogP) is 13.6. The molecule has 0 aliphatic heterocycles. The van der Waals surface area contributed by atoms with E-state index in [1.807, 2.05) is 0 Å². The summed E-state index contributed by atoms with van der Waals surface area (Å²) in [5.74, 6) is -0.883. The standard InChI is InChI=1S/C50H82NO8P/c1-3-5-7-9-11-13-15-16-17-18-19-20-21-22-23-24-25-26-27-28-29-30-31-32-33-35-37-39-41-43-50(53)59-48(47-58-60(54,55)57-45-44-51)46-56-49(52)42-40-38-36-34-14-12-10-8-6-4-2/h5,7-8,10-11,13,16-17,19-20,22-23,25-26,28-29,31-32,48H,3-4,6,9,12,14-15,18,21,24,27,30,33-47,51H2,1-2H3,(H,54,55)/b7-5-,10-8-,13-11-,17-16-,20-19-,23-22-,26-25-,29-28-,32-31-. The fourth-order valence-corrected chi connectivity index (χ4v) is 6.30. The number of carbonyl (C=O) groups is 2. The Hall–Kier alpha value is -3.33. The fraction of sp³-hybridized carbons (Fsp3) is 0.600. The van der Waals surface area contributed by atoms with Crippen LogP contribution in [0.4, 0.5) is 0 Å². The third kappa shape index (κ3) is 44.2. The van der Waals surface area contributed by atoms with Gasteiger partial charge in [0.1, 0.15) is 6.61 Å². The Bertz CT molecular complexity index is 1340. The van der Waals surface area contributed by atoms with E-state index in [-0.39, 0.29) is 32.6 Å². The number of rotatable bonds is 41. The molecule has 0 saturated heterocycles. The van der Waals surface area contributed by atoms with Gasteiger partial charge in [0.05, 0.1) is 13.2 Å². The van der Waals surface area contributed by atoms with Crippen molar-refractivity contribution in [3.05, 3.63) is 109 Å². The maximum absolute atomic E-state index is 12.6. The molecule has 0 rings (SSSR count). The summed E-state index contributed by atoms with van der Waals surface area (Å²) in [4.78, 5) is 34.8. The highest BCUT2D eigenvalue weighted by Gasteiger charge is 2.26. The Labute approximate surface area is 365 Å². The molecular weight excluding hydrogens is 774 g/mol. The molecule has 0 radical (unpaired) electrons. The van der Waals surface area contributed by atoms with Crippen LogP contribution in [0.15, 0.2) is 109 Å². The monoisotopic (exact) mass is 856 g/mol. The topological polar surface area (TPSA) is 134 Å². The van der Waals surface area contributed by atoms with E-state index in [9.17, 15) is 19.0 Å². The summed E-state index contributed by atoms with van der Waals surface area (Å²) in [6, 6.07) is 0. The number of phosphoric acid groups is 1. The van der Waals surface area contributed by atoms with Crippen LogP contribution in [0.2, 0.25) is 0 Å². The molecule has 9 nitrogen and oxygen atoms in total. The number of hydrogen-bond acceptors (Lipinski definition) is 8. The van der Waals surface area contributed by atoms with Crippen LogP contribution < -0.4 is 5.73 Å². The molecule has 60 heavy (non-hydrogen) atoms. The summed E-state index contributed by atoms with van der Waals surface area (Å²) in [5, 5.41) is 0. The molecule has 0 heterocycles. The lowest BCUT2D eigenvalue weighted by atomic mass is 10.1. The van der Waals surface area contributed by atoms with Gasteiger partial charge in [0.25, 0.3) is 0 Å². The van der Waals surface area contributed by atoms with Crippen molar-refractivity contribution in [2.24, 2.45) is 5.73 Å². The Morgan fingerprint density at radius 2 is 0.917 bits per heavy atom. The van der Waals surface area contributed by atoms with Crippen molar-refractivity contribution in [3.63, 3.8) is 0 Å². The Kier molecular flexibility index (Phi) is 42.7. The average Bonchev–Trinajstić information content (AvgIpc) is 3.24. The first-order valence-corrected chi connectivity index (χ1v) is 24.4. The quantitative estimate of drug-likeness (QED) is 0.0267. The molecule has 0 bridgehead atoms. The van der Waals surface area contributed by atoms with Gasteiger partial charge in [-0.15, -0.1) is 0 Å². The fourth-order valence-electron chi connectivity index (χ4n) is 5.53. The van der Waals surface area contributed by atoms with Crippen molar-refractivity contribution in [2.75, 3.05) is 26.4 Å². The van der Waals surface area contributed by atoms with Crippen molar-refractivity contribution >= 4 is 19.8 Å². The summed E-state index contributed by atoms with van der Waals surface area (Å²) in [6.45, 7) is 3.48. The second-order valence-electron chi connectivity index (χ2n) is 14.5. The molecule has 3 N–H and O–H groups in total. The van der Waals surface area contributed by atoms with Gasteiger partial charge in [-0.1, -0.05) is 162 Å². The second-order valence-corrected chi connectivity index (χ2v) is 16.0. The first-order valence-electron chi connectivity index (χ1n) is 22.9. The minimum absolute atomic E-state index is 0.0416. The molecule has 10 heteroatoms. The first kappa shape index (κ1) is 56.7. The Morgan fingerprint density at radius 1 is 0.517 bits per heavy atom. The molecule has 340 valence electrons. The third-order valence-corrected chi connectivity index (χ3v) is 9.86. The molecule has 0 aliphatic rings. The van der Waals surface area contributed by atoms with E-state index in [2.05, 4.69) is 123 Å². The highest BCUT2D eigenvalue weighted by atomic mass is 31.2. The summed E-state index contributed by atoms with van der Waals surface area (Å²) in [7, 11) is -4.39. The maximum Gasteiger partial charge on any atom is 0.472 e. The van der Waals surface area contributed by atoms with Gasteiger partial charge < -0.3 is 20.1 Å². The Balaban J connectivity index is 4.15. The van der Waals surface area contributed by atoms with E-state index >= 15 is 0 Å². The molecule has 0 fully saturated rings. The lowest BCUT2D eigenvalue weighted by Gasteiger charge is -2.19. The van der Waals surface area contributed by atoms with Crippen molar-refractivity contribution in [3.8, 4) is 0 Å². The van der Waals surface area contributed by atoms with E-state index in [4.69, 9.17) is 24.3 Å². The van der Waals surface area contributed by atoms with Gasteiger partial charge in [-0.2, -0.15) is 0 Å². The predicted molar refractivity (Wildman–Crippen MR) is 251 cm³/mol. The largest absolute Gasteiger partial charge is 0.472 e. The Morgan fingerprint density at radius 3 is 1.38 bits per heavy atom. The summed E-state index contributed by atoms with van der Waals surface area (Å²) < 4.78 is 32.7. The van der Waals surface area contributed by atoms with Crippen LogP contribution in [-0.2, 0) is 32.7 Å². The molecule has 0 aromatic rings. The van der Waals surface area contributed by atoms with Crippen molar-refractivity contribution in [1.82, 2.24) is 0 Å². The average molecular weight is 856 g/mol. The van der Waals surface area contributed by atoms with Gasteiger partial charge in [0, 0.05) is 19.4 Å².